The number of hydrogen-bond acceptors (Lipinski definition) is 6. The second-order valence-electron chi connectivity index (χ2n) is 8.22. The van der Waals surface area contributed by atoms with Gasteiger partial charge in [0.2, 0.25) is 0 Å². The summed E-state index contributed by atoms with van der Waals surface area (Å²) in [4.78, 5) is 17.1. The lowest BCUT2D eigenvalue weighted by Gasteiger charge is -2.41. The Bertz CT molecular complexity index is 1080. The maximum Gasteiger partial charge on any atom is 0.286 e. The van der Waals surface area contributed by atoms with E-state index in [-0.39, 0.29) is 25.1 Å². The molecule has 0 unspecified atom stereocenters. The minimum atomic E-state index is -0.238. The molecule has 3 aromatic carbocycles. The summed E-state index contributed by atoms with van der Waals surface area (Å²) in [5, 5.41) is 11.1. The summed E-state index contributed by atoms with van der Waals surface area (Å²) in [6.45, 7) is 3.89. The van der Waals surface area contributed by atoms with Crippen LogP contribution >= 0.6 is 0 Å². The first-order valence-corrected chi connectivity index (χ1v) is 11.4. The number of nitrogens with one attached hydrogen (secondary N) is 1. The first-order valence-electron chi connectivity index (χ1n) is 11.4. The quantitative estimate of drug-likeness (QED) is 0.307. The van der Waals surface area contributed by atoms with Crippen molar-refractivity contribution < 1.29 is 9.53 Å². The van der Waals surface area contributed by atoms with Crippen molar-refractivity contribution in [3.05, 3.63) is 95.6 Å². The normalized spacial score (nSPS) is 13.9. The number of amides is 1. The van der Waals surface area contributed by atoms with Crippen LogP contribution in [0.5, 0.6) is 0 Å². The molecule has 7 nitrogen and oxygen atoms in total. The summed E-state index contributed by atoms with van der Waals surface area (Å²) in [6, 6.07) is 26.9. The van der Waals surface area contributed by atoms with Crippen LogP contribution in [0.15, 0.2) is 78.9 Å². The molecule has 1 aliphatic heterocycles. The first kappa shape index (κ1) is 23.1. The molecule has 0 aromatic heterocycles. The minimum Gasteiger partial charge on any atom is -0.426 e. The monoisotopic (exact) mass is 455 g/mol. The highest BCUT2D eigenvalue weighted by atomic mass is 16.5. The lowest BCUT2D eigenvalue weighted by molar-refractivity contribution is 0.0944. The van der Waals surface area contributed by atoms with Gasteiger partial charge < -0.3 is 20.7 Å². The number of nitrogens with zero attached hydrogens (tertiary/aromatic N) is 3. The molecule has 0 aliphatic carbocycles. The summed E-state index contributed by atoms with van der Waals surface area (Å²) in [6.07, 6.45) is 1.58. The number of hydrogen-bond donors (Lipinski definition) is 2. The van der Waals surface area contributed by atoms with Gasteiger partial charge in [-0.3, -0.25) is 9.69 Å². The molecule has 3 aromatic rings. The van der Waals surface area contributed by atoms with Crippen LogP contribution in [0.3, 0.4) is 0 Å². The van der Waals surface area contributed by atoms with Gasteiger partial charge in [0.1, 0.15) is 6.61 Å². The van der Waals surface area contributed by atoms with E-state index in [4.69, 9.17) is 11.0 Å². The fourth-order valence-electron chi connectivity index (χ4n) is 4.45. The molecule has 0 bridgehead atoms. The Hall–Kier alpha value is -4.02. The molecule has 0 saturated carbocycles. The van der Waals surface area contributed by atoms with Crippen LogP contribution in [0.1, 0.15) is 27.5 Å². The fraction of sp³-hybridized carbons (Fsp3) is 0.259. The van der Waals surface area contributed by atoms with Crippen molar-refractivity contribution in [2.75, 3.05) is 50.0 Å². The highest BCUT2D eigenvalue weighted by Crippen LogP contribution is 2.31. The molecule has 174 valence electrons. The lowest BCUT2D eigenvalue weighted by Crippen LogP contribution is -2.48. The molecule has 1 heterocycles. The molecule has 1 saturated heterocycles. The maximum absolute atomic E-state index is 12.3. The number of piperazine rings is 1. The van der Waals surface area contributed by atoms with E-state index in [0.717, 1.165) is 31.9 Å². The SMILES string of the molecule is N#COCCNC(=O)c1ccc(N2CCN(C(c3ccccc3)c3ccccc3)CC2)c(N)c1. The van der Waals surface area contributed by atoms with E-state index in [1.165, 1.54) is 11.1 Å². The van der Waals surface area contributed by atoms with Gasteiger partial charge in [0.25, 0.3) is 12.2 Å². The van der Waals surface area contributed by atoms with Gasteiger partial charge in [0.05, 0.1) is 24.0 Å². The van der Waals surface area contributed by atoms with Crippen LogP contribution < -0.4 is 16.0 Å². The molecule has 1 aliphatic rings. The topological polar surface area (TPSA) is 94.6 Å². The van der Waals surface area contributed by atoms with Gasteiger partial charge in [-0.25, -0.2) is 0 Å². The second-order valence-corrected chi connectivity index (χ2v) is 8.22. The zero-order valence-electron chi connectivity index (χ0n) is 19.1. The predicted octanol–water partition coefficient (Wildman–Crippen LogP) is 3.41. The van der Waals surface area contributed by atoms with E-state index in [9.17, 15) is 4.79 Å². The van der Waals surface area contributed by atoms with Gasteiger partial charge in [-0.1, -0.05) is 60.7 Å². The summed E-state index contributed by atoms with van der Waals surface area (Å²) < 4.78 is 4.58. The molecule has 1 amide bonds. The molecule has 3 N–H and O–H groups in total. The van der Waals surface area contributed by atoms with E-state index < -0.39 is 0 Å². The zero-order chi connectivity index (χ0) is 23.8. The smallest absolute Gasteiger partial charge is 0.286 e. The molecule has 34 heavy (non-hydrogen) atoms. The Balaban J connectivity index is 1.43. The van der Waals surface area contributed by atoms with Crippen LogP contribution in [-0.4, -0.2) is 50.1 Å². The van der Waals surface area contributed by atoms with Crippen LogP contribution in [-0.2, 0) is 4.74 Å². The van der Waals surface area contributed by atoms with Gasteiger partial charge in [0, 0.05) is 31.7 Å². The van der Waals surface area contributed by atoms with Gasteiger partial charge in [-0.2, -0.15) is 5.26 Å². The average Bonchev–Trinajstić information content (AvgIpc) is 2.88. The van der Waals surface area contributed by atoms with Gasteiger partial charge in [-0.05, 0) is 29.3 Å². The molecule has 0 atom stereocenters. The number of carbonyl (C=O) groups excluding carboxylic acids is 1. The van der Waals surface area contributed by atoms with E-state index in [1.807, 2.05) is 6.07 Å². The van der Waals surface area contributed by atoms with Crippen LogP contribution in [0.2, 0.25) is 0 Å². The number of nitrogen functional groups attached to an aromatic ring is 1. The van der Waals surface area contributed by atoms with Crippen molar-refractivity contribution in [2.45, 2.75) is 6.04 Å². The highest BCUT2D eigenvalue weighted by Gasteiger charge is 2.27. The van der Waals surface area contributed by atoms with Crippen molar-refractivity contribution in [1.29, 1.82) is 5.26 Å². The van der Waals surface area contributed by atoms with Crippen molar-refractivity contribution in [3.8, 4) is 6.26 Å². The standard InChI is InChI=1S/C27H29N5O2/c28-20-34-18-13-30-27(33)23-11-12-25(24(29)19-23)31-14-16-32(17-15-31)26(21-7-3-1-4-8-21)22-9-5-2-6-10-22/h1-12,19,26H,13-18,29H2,(H,30,33). The number of benzene rings is 3. The summed E-state index contributed by atoms with van der Waals surface area (Å²) >= 11 is 0. The Morgan fingerprint density at radius 2 is 1.59 bits per heavy atom. The van der Waals surface area contributed by atoms with E-state index in [0.29, 0.717) is 11.3 Å². The van der Waals surface area contributed by atoms with Crippen LogP contribution in [0.4, 0.5) is 11.4 Å². The average molecular weight is 456 g/mol. The number of nitrogens with two attached hydrogens (primary N) is 1. The zero-order valence-corrected chi connectivity index (χ0v) is 19.1. The summed E-state index contributed by atoms with van der Waals surface area (Å²) in [5.74, 6) is -0.238. The van der Waals surface area contributed by atoms with Gasteiger partial charge in [-0.15, -0.1) is 0 Å². The van der Waals surface area contributed by atoms with Crippen molar-refractivity contribution in [3.63, 3.8) is 0 Å². The Kier molecular flexibility index (Phi) is 7.63. The molecular formula is C27H29N5O2. The summed E-state index contributed by atoms with van der Waals surface area (Å²) in [5.41, 5.74) is 10.9. The van der Waals surface area contributed by atoms with E-state index in [2.05, 4.69) is 80.5 Å². The third-order valence-electron chi connectivity index (χ3n) is 6.09. The summed E-state index contributed by atoms with van der Waals surface area (Å²) in [7, 11) is 0. The fourth-order valence-corrected chi connectivity index (χ4v) is 4.45. The van der Waals surface area contributed by atoms with Crippen molar-refractivity contribution in [2.24, 2.45) is 0 Å². The number of nitriles is 1. The van der Waals surface area contributed by atoms with Gasteiger partial charge in [0.15, 0.2) is 0 Å². The molecule has 1 fully saturated rings. The Morgan fingerprint density at radius 1 is 0.971 bits per heavy atom. The van der Waals surface area contributed by atoms with Crippen LogP contribution in [0, 0.1) is 11.5 Å². The number of ether oxygens (including phenoxy) is 1. The third kappa shape index (κ3) is 5.48. The number of anilines is 2. The largest absolute Gasteiger partial charge is 0.426 e. The predicted molar refractivity (Wildman–Crippen MR) is 133 cm³/mol. The van der Waals surface area contributed by atoms with Gasteiger partial charge >= 0.3 is 0 Å². The molecule has 4 rings (SSSR count). The van der Waals surface area contributed by atoms with Crippen molar-refractivity contribution in [1.82, 2.24) is 10.2 Å². The highest BCUT2D eigenvalue weighted by molar-refractivity contribution is 5.96. The Labute approximate surface area is 200 Å². The van der Waals surface area contributed by atoms with E-state index in [1.54, 1.807) is 18.4 Å². The van der Waals surface area contributed by atoms with E-state index >= 15 is 0 Å². The maximum atomic E-state index is 12.3. The molecule has 0 spiro atoms. The molecule has 7 heteroatoms. The molecule has 0 radical (unpaired) electrons. The second kappa shape index (κ2) is 11.2. The Morgan fingerprint density at radius 3 is 2.15 bits per heavy atom. The molecular weight excluding hydrogens is 426 g/mol. The van der Waals surface area contributed by atoms with Crippen molar-refractivity contribution >= 4 is 17.3 Å². The minimum absolute atomic E-state index is 0.146. The van der Waals surface area contributed by atoms with Crippen LogP contribution in [0.25, 0.3) is 0 Å². The number of carbonyl (C=O) groups is 1. The first-order chi connectivity index (χ1) is 16.7. The lowest BCUT2D eigenvalue weighted by atomic mass is 9.96. The third-order valence-corrected chi connectivity index (χ3v) is 6.09. The number of rotatable bonds is 8.